The summed E-state index contributed by atoms with van der Waals surface area (Å²) in [5.41, 5.74) is -0.172. The van der Waals surface area contributed by atoms with Gasteiger partial charge in [0, 0.05) is 10.0 Å². The minimum atomic E-state index is -4.47. The monoisotopic (exact) mass is 315 g/mol. The van der Waals surface area contributed by atoms with Crippen LogP contribution in [0.4, 0.5) is 13.2 Å². The molecule has 0 radical (unpaired) electrons. The van der Waals surface area contributed by atoms with E-state index in [0.29, 0.717) is 15.6 Å². The molecule has 0 spiro atoms. The van der Waals surface area contributed by atoms with E-state index >= 15 is 0 Å². The zero-order chi connectivity index (χ0) is 13.3. The molecule has 0 atom stereocenters. The molecule has 1 heterocycles. The number of benzene rings is 1. The Hall–Kier alpha value is -1.81. The van der Waals surface area contributed by atoms with Crippen molar-refractivity contribution in [2.24, 2.45) is 0 Å². The molecule has 0 aliphatic carbocycles. The number of aromatic amines is 1. The van der Waals surface area contributed by atoms with Gasteiger partial charge in [-0.05, 0) is 18.2 Å². The molecule has 0 saturated heterocycles. The number of rotatable bonds is 1. The third kappa shape index (κ3) is 2.38. The lowest BCUT2D eigenvalue weighted by Crippen LogP contribution is -2.04. The van der Waals surface area contributed by atoms with Gasteiger partial charge in [-0.1, -0.05) is 15.9 Å². The maximum Gasteiger partial charge on any atom is 0.432 e. The lowest BCUT2D eigenvalue weighted by atomic mass is 10.1. The van der Waals surface area contributed by atoms with Crippen molar-refractivity contribution >= 4 is 15.9 Å². The number of aromatic nitrogens is 2. The fourth-order valence-corrected chi connectivity index (χ4v) is 1.81. The van der Waals surface area contributed by atoms with E-state index in [9.17, 15) is 13.2 Å². The first-order valence-electron chi connectivity index (χ1n) is 4.74. The number of alkyl halides is 3. The maximum atomic E-state index is 12.4. The third-order valence-corrected chi connectivity index (χ3v) is 2.92. The van der Waals surface area contributed by atoms with E-state index in [1.807, 2.05) is 6.07 Å². The fraction of sp³-hybridized carbons (Fsp3) is 0.0909. The first-order chi connectivity index (χ1) is 8.41. The molecule has 1 N–H and O–H groups in total. The molecule has 0 amide bonds. The van der Waals surface area contributed by atoms with Gasteiger partial charge in [0.2, 0.25) is 0 Å². The van der Waals surface area contributed by atoms with Gasteiger partial charge in [0.1, 0.15) is 11.5 Å². The highest BCUT2D eigenvalue weighted by Gasteiger charge is 2.33. The second kappa shape index (κ2) is 4.46. The molecule has 0 fully saturated rings. The summed E-state index contributed by atoms with van der Waals surface area (Å²) in [7, 11) is 0. The van der Waals surface area contributed by atoms with Gasteiger partial charge in [-0.3, -0.25) is 0 Å². The average Bonchev–Trinajstić information content (AvgIpc) is 2.78. The molecule has 1 aromatic carbocycles. The van der Waals surface area contributed by atoms with Gasteiger partial charge in [-0.25, -0.2) is 4.98 Å². The molecule has 0 aliphatic rings. The van der Waals surface area contributed by atoms with Gasteiger partial charge >= 0.3 is 6.18 Å². The van der Waals surface area contributed by atoms with E-state index in [-0.39, 0.29) is 5.82 Å². The van der Waals surface area contributed by atoms with Crippen LogP contribution < -0.4 is 0 Å². The molecule has 0 bridgehead atoms. The predicted molar refractivity (Wildman–Crippen MR) is 61.4 cm³/mol. The van der Waals surface area contributed by atoms with Crippen LogP contribution in [0.3, 0.4) is 0 Å². The van der Waals surface area contributed by atoms with Gasteiger partial charge in [0.15, 0.2) is 0 Å². The van der Waals surface area contributed by atoms with Crippen molar-refractivity contribution in [2.75, 3.05) is 0 Å². The van der Waals surface area contributed by atoms with Crippen molar-refractivity contribution in [3.05, 3.63) is 40.1 Å². The van der Waals surface area contributed by atoms with Crippen LogP contribution in [0.1, 0.15) is 11.3 Å². The van der Waals surface area contributed by atoms with Crippen molar-refractivity contribution in [3.8, 4) is 17.5 Å². The number of nitrogens with zero attached hydrogens (tertiary/aromatic N) is 2. The van der Waals surface area contributed by atoms with Crippen LogP contribution in [0.15, 0.2) is 28.9 Å². The number of nitrogens with one attached hydrogen (secondary N) is 1. The van der Waals surface area contributed by atoms with Gasteiger partial charge in [-0.15, -0.1) is 0 Å². The first-order valence-corrected chi connectivity index (χ1v) is 5.53. The van der Waals surface area contributed by atoms with Crippen LogP contribution in [0.2, 0.25) is 0 Å². The first kappa shape index (κ1) is 12.6. The van der Waals surface area contributed by atoms with Crippen molar-refractivity contribution in [1.29, 1.82) is 5.26 Å². The zero-order valence-corrected chi connectivity index (χ0v) is 10.3. The summed E-state index contributed by atoms with van der Waals surface area (Å²) in [5.74, 6) is 0.0614. The molecule has 3 nitrogen and oxygen atoms in total. The Morgan fingerprint density at radius 1 is 1.33 bits per heavy atom. The van der Waals surface area contributed by atoms with Crippen LogP contribution in [-0.4, -0.2) is 9.97 Å². The quantitative estimate of drug-likeness (QED) is 0.871. The summed E-state index contributed by atoms with van der Waals surface area (Å²) >= 11 is 3.21. The standard InChI is InChI=1S/C11H5BrF3N3/c12-8-2-1-6(4-16)3-7(8)10-17-5-9(18-10)11(13,14)15/h1-3,5H,(H,17,18). The summed E-state index contributed by atoms with van der Waals surface area (Å²) in [5, 5.41) is 8.76. The third-order valence-electron chi connectivity index (χ3n) is 2.23. The van der Waals surface area contributed by atoms with Gasteiger partial charge in [0.25, 0.3) is 0 Å². The highest BCUT2D eigenvalue weighted by atomic mass is 79.9. The van der Waals surface area contributed by atoms with Crippen molar-refractivity contribution < 1.29 is 13.2 Å². The van der Waals surface area contributed by atoms with E-state index < -0.39 is 11.9 Å². The van der Waals surface area contributed by atoms with Crippen molar-refractivity contribution in [2.45, 2.75) is 6.18 Å². The number of imidazole rings is 1. The Balaban J connectivity index is 2.50. The highest BCUT2D eigenvalue weighted by Crippen LogP contribution is 2.32. The number of hydrogen-bond acceptors (Lipinski definition) is 2. The molecule has 2 rings (SSSR count). The topological polar surface area (TPSA) is 52.5 Å². The highest BCUT2D eigenvalue weighted by molar-refractivity contribution is 9.10. The molecule has 0 saturated carbocycles. The average molecular weight is 316 g/mol. The van der Waals surface area contributed by atoms with Gasteiger partial charge in [0.05, 0.1) is 17.8 Å². The summed E-state index contributed by atoms with van der Waals surface area (Å²) in [4.78, 5) is 5.86. The summed E-state index contributed by atoms with van der Waals surface area (Å²) in [6.45, 7) is 0. The van der Waals surface area contributed by atoms with Gasteiger partial charge in [-0.2, -0.15) is 18.4 Å². The zero-order valence-electron chi connectivity index (χ0n) is 8.72. The molecular weight excluding hydrogens is 311 g/mol. The summed E-state index contributed by atoms with van der Waals surface area (Å²) in [6, 6.07) is 6.52. The van der Waals surface area contributed by atoms with Crippen molar-refractivity contribution in [3.63, 3.8) is 0 Å². The van der Waals surface area contributed by atoms with Crippen LogP contribution in [-0.2, 0) is 6.18 Å². The van der Waals surface area contributed by atoms with E-state index in [0.717, 1.165) is 6.20 Å². The summed E-state index contributed by atoms with van der Waals surface area (Å²) in [6.07, 6.45) is -3.74. The smallest absolute Gasteiger partial charge is 0.334 e. The molecular formula is C11H5BrF3N3. The molecule has 1 aromatic heterocycles. The fourth-order valence-electron chi connectivity index (χ4n) is 1.38. The Labute approximate surface area is 108 Å². The van der Waals surface area contributed by atoms with Crippen LogP contribution in [0.5, 0.6) is 0 Å². The minimum absolute atomic E-state index is 0.0614. The number of nitriles is 1. The molecule has 0 unspecified atom stereocenters. The van der Waals surface area contributed by atoms with Gasteiger partial charge < -0.3 is 4.98 Å². The van der Waals surface area contributed by atoms with Crippen molar-refractivity contribution in [1.82, 2.24) is 9.97 Å². The van der Waals surface area contributed by atoms with E-state index in [1.165, 1.54) is 6.07 Å². The van der Waals surface area contributed by atoms with E-state index in [2.05, 4.69) is 25.9 Å². The van der Waals surface area contributed by atoms with Crippen LogP contribution in [0, 0.1) is 11.3 Å². The molecule has 7 heteroatoms. The minimum Gasteiger partial charge on any atom is -0.334 e. The largest absolute Gasteiger partial charge is 0.432 e. The molecule has 92 valence electrons. The van der Waals surface area contributed by atoms with Crippen LogP contribution >= 0.6 is 15.9 Å². The SMILES string of the molecule is N#Cc1ccc(Br)c(-c2ncc(C(F)(F)F)[nH]2)c1. The number of halogens is 4. The molecule has 2 aromatic rings. The van der Waals surface area contributed by atoms with Crippen LogP contribution in [0.25, 0.3) is 11.4 Å². The lowest BCUT2D eigenvalue weighted by molar-refractivity contribution is -0.140. The molecule has 18 heavy (non-hydrogen) atoms. The van der Waals surface area contributed by atoms with E-state index in [4.69, 9.17) is 5.26 Å². The predicted octanol–water partition coefficient (Wildman–Crippen LogP) is 3.73. The second-order valence-corrected chi connectivity index (χ2v) is 4.30. The Morgan fingerprint density at radius 2 is 2.06 bits per heavy atom. The second-order valence-electron chi connectivity index (χ2n) is 3.45. The Morgan fingerprint density at radius 3 is 2.61 bits per heavy atom. The number of hydrogen-bond donors (Lipinski definition) is 1. The summed E-state index contributed by atoms with van der Waals surface area (Å²) < 4.78 is 37.8. The maximum absolute atomic E-state index is 12.4. The Kier molecular flexibility index (Phi) is 3.13. The Bertz CT molecular complexity index is 625. The molecule has 0 aliphatic heterocycles. The van der Waals surface area contributed by atoms with E-state index in [1.54, 1.807) is 12.1 Å². The number of H-pyrrole nitrogens is 1. The lowest BCUT2D eigenvalue weighted by Gasteiger charge is -2.03. The normalized spacial score (nSPS) is 11.3.